The van der Waals surface area contributed by atoms with E-state index in [-0.39, 0.29) is 6.04 Å². The van der Waals surface area contributed by atoms with Gasteiger partial charge in [-0.15, -0.1) is 0 Å². The van der Waals surface area contributed by atoms with Crippen molar-refractivity contribution in [2.45, 2.75) is 45.1 Å². The summed E-state index contributed by atoms with van der Waals surface area (Å²) in [5.41, 5.74) is 0.634. The number of aliphatic carboxylic acids is 1. The molecule has 1 aromatic carbocycles. The van der Waals surface area contributed by atoms with Gasteiger partial charge in [-0.1, -0.05) is 12.1 Å². The Morgan fingerprint density at radius 3 is 2.62 bits per heavy atom. The lowest BCUT2D eigenvalue weighted by Gasteiger charge is -2.34. The normalized spacial score (nSPS) is 22.8. The number of carboxylic acids is 1. The molecule has 2 atom stereocenters. The molecule has 0 aromatic heterocycles. The number of carbonyl (C=O) groups is 1. The molecule has 21 heavy (non-hydrogen) atoms. The second-order valence-corrected chi connectivity index (χ2v) is 6.54. The van der Waals surface area contributed by atoms with E-state index in [9.17, 15) is 9.90 Å². The van der Waals surface area contributed by atoms with Crippen LogP contribution in [0.15, 0.2) is 24.3 Å². The van der Waals surface area contributed by atoms with Crippen LogP contribution in [-0.2, 0) is 4.79 Å². The van der Waals surface area contributed by atoms with Gasteiger partial charge in [-0.25, -0.2) is 0 Å². The average Bonchev–Trinajstić information content (AvgIpc) is 2.47. The van der Waals surface area contributed by atoms with E-state index in [4.69, 9.17) is 4.74 Å². The first-order valence-corrected chi connectivity index (χ1v) is 7.53. The van der Waals surface area contributed by atoms with Gasteiger partial charge in [0.1, 0.15) is 5.75 Å². The van der Waals surface area contributed by atoms with Gasteiger partial charge in [0.2, 0.25) is 0 Å². The van der Waals surface area contributed by atoms with E-state index in [1.165, 1.54) is 5.56 Å². The number of ether oxygens (including phenoxy) is 1. The molecule has 2 rings (SSSR count). The zero-order valence-electron chi connectivity index (χ0n) is 13.1. The molecule has 0 spiro atoms. The second-order valence-electron chi connectivity index (χ2n) is 6.54. The number of hydrogen-bond donors (Lipinski definition) is 2. The van der Waals surface area contributed by atoms with Crippen molar-refractivity contribution in [3.8, 4) is 5.75 Å². The first kappa shape index (κ1) is 15.8. The maximum atomic E-state index is 11.3. The molecule has 1 saturated heterocycles. The zero-order chi connectivity index (χ0) is 15.5. The van der Waals surface area contributed by atoms with Crippen molar-refractivity contribution in [2.24, 2.45) is 5.41 Å². The number of nitrogens with one attached hydrogen (secondary N) is 1. The summed E-state index contributed by atoms with van der Waals surface area (Å²) in [5.74, 6) is 0.638. The minimum absolute atomic E-state index is 0.261. The fourth-order valence-corrected chi connectivity index (χ4v) is 3.04. The van der Waals surface area contributed by atoms with Gasteiger partial charge in [0.15, 0.2) is 0 Å². The topological polar surface area (TPSA) is 58.6 Å². The molecule has 116 valence electrons. The van der Waals surface area contributed by atoms with E-state index < -0.39 is 11.4 Å². The molecule has 2 N–H and O–H groups in total. The average molecular weight is 291 g/mol. The Morgan fingerprint density at radius 1 is 1.38 bits per heavy atom. The van der Waals surface area contributed by atoms with Crippen LogP contribution in [0.4, 0.5) is 0 Å². The number of piperidine rings is 1. The SMILES string of the molecule is COc1ccc(C2CCN[C@H](CC(C)(C)C(=O)O)C2)cc1. The quantitative estimate of drug-likeness (QED) is 0.875. The van der Waals surface area contributed by atoms with Crippen LogP contribution in [-0.4, -0.2) is 30.8 Å². The van der Waals surface area contributed by atoms with E-state index in [1.807, 2.05) is 12.1 Å². The minimum atomic E-state index is -0.726. The lowest BCUT2D eigenvalue weighted by atomic mass is 9.79. The Bertz CT molecular complexity index is 481. The van der Waals surface area contributed by atoms with E-state index in [2.05, 4.69) is 17.4 Å². The molecule has 1 aliphatic heterocycles. The van der Waals surface area contributed by atoms with Gasteiger partial charge in [0, 0.05) is 6.04 Å². The molecule has 0 bridgehead atoms. The summed E-state index contributed by atoms with van der Waals surface area (Å²) in [7, 11) is 1.67. The summed E-state index contributed by atoms with van der Waals surface area (Å²) in [6, 6.07) is 8.49. The summed E-state index contributed by atoms with van der Waals surface area (Å²) in [4.78, 5) is 11.3. The Labute approximate surface area is 126 Å². The molecule has 0 saturated carbocycles. The van der Waals surface area contributed by atoms with Crippen molar-refractivity contribution >= 4 is 5.97 Å². The van der Waals surface area contributed by atoms with E-state index in [0.717, 1.165) is 25.1 Å². The lowest BCUT2D eigenvalue weighted by Crippen LogP contribution is -2.42. The molecule has 0 aliphatic carbocycles. The summed E-state index contributed by atoms with van der Waals surface area (Å²) < 4.78 is 5.19. The maximum absolute atomic E-state index is 11.3. The lowest BCUT2D eigenvalue weighted by molar-refractivity contribution is -0.147. The van der Waals surface area contributed by atoms with Gasteiger partial charge in [0.25, 0.3) is 0 Å². The van der Waals surface area contributed by atoms with Crippen LogP contribution in [0.5, 0.6) is 5.75 Å². The fraction of sp³-hybridized carbons (Fsp3) is 0.588. The molecule has 1 aromatic rings. The third-order valence-electron chi connectivity index (χ3n) is 4.42. The smallest absolute Gasteiger partial charge is 0.309 e. The molecule has 4 heteroatoms. The summed E-state index contributed by atoms with van der Waals surface area (Å²) >= 11 is 0. The van der Waals surface area contributed by atoms with Gasteiger partial charge >= 0.3 is 5.97 Å². The van der Waals surface area contributed by atoms with Crippen molar-refractivity contribution < 1.29 is 14.6 Å². The Kier molecular flexibility index (Phi) is 4.88. The van der Waals surface area contributed by atoms with Crippen molar-refractivity contribution in [3.05, 3.63) is 29.8 Å². The second kappa shape index (κ2) is 6.48. The first-order valence-electron chi connectivity index (χ1n) is 7.53. The fourth-order valence-electron chi connectivity index (χ4n) is 3.04. The first-order chi connectivity index (χ1) is 9.92. The summed E-state index contributed by atoms with van der Waals surface area (Å²) in [6.45, 7) is 4.54. The molecule has 0 radical (unpaired) electrons. The van der Waals surface area contributed by atoms with Crippen molar-refractivity contribution in [2.75, 3.05) is 13.7 Å². The Hall–Kier alpha value is -1.55. The van der Waals surface area contributed by atoms with E-state index in [1.54, 1.807) is 21.0 Å². The van der Waals surface area contributed by atoms with Gasteiger partial charge in [0.05, 0.1) is 12.5 Å². The highest BCUT2D eigenvalue weighted by molar-refractivity contribution is 5.73. The predicted octanol–water partition coefficient (Wildman–Crippen LogP) is 3.03. The molecular weight excluding hydrogens is 266 g/mol. The van der Waals surface area contributed by atoms with E-state index >= 15 is 0 Å². The van der Waals surface area contributed by atoms with Gasteiger partial charge in [-0.2, -0.15) is 0 Å². The zero-order valence-corrected chi connectivity index (χ0v) is 13.1. The molecule has 1 unspecified atom stereocenters. The Balaban J connectivity index is 2.01. The van der Waals surface area contributed by atoms with Crippen LogP contribution in [0.2, 0.25) is 0 Å². The summed E-state index contributed by atoms with van der Waals surface area (Å²) in [5, 5.41) is 12.7. The highest BCUT2D eigenvalue weighted by atomic mass is 16.5. The highest BCUT2D eigenvalue weighted by Crippen LogP contribution is 2.33. The minimum Gasteiger partial charge on any atom is -0.497 e. The van der Waals surface area contributed by atoms with Crippen LogP contribution in [0.25, 0.3) is 0 Å². The standard InChI is InChI=1S/C17H25NO3/c1-17(2,16(19)20)11-14-10-13(8-9-18-14)12-4-6-15(21-3)7-5-12/h4-7,13-14,18H,8-11H2,1-3H3,(H,19,20)/t13?,14-/m0/s1. The van der Waals surface area contributed by atoms with Crippen LogP contribution >= 0.6 is 0 Å². The van der Waals surface area contributed by atoms with Gasteiger partial charge in [-0.05, 0) is 63.3 Å². The van der Waals surface area contributed by atoms with Gasteiger partial charge < -0.3 is 15.2 Å². The number of carboxylic acid groups (broad SMARTS) is 1. The third-order valence-corrected chi connectivity index (χ3v) is 4.42. The van der Waals surface area contributed by atoms with Crippen molar-refractivity contribution in [1.29, 1.82) is 0 Å². The molecule has 4 nitrogen and oxygen atoms in total. The third kappa shape index (κ3) is 3.97. The van der Waals surface area contributed by atoms with E-state index in [0.29, 0.717) is 12.3 Å². The van der Waals surface area contributed by atoms with Crippen molar-refractivity contribution in [3.63, 3.8) is 0 Å². The molecule has 1 fully saturated rings. The van der Waals surface area contributed by atoms with Crippen LogP contribution in [0, 0.1) is 5.41 Å². The number of hydrogen-bond acceptors (Lipinski definition) is 3. The molecule has 1 aliphatic rings. The predicted molar refractivity (Wildman–Crippen MR) is 82.8 cm³/mol. The number of methoxy groups -OCH3 is 1. The monoisotopic (exact) mass is 291 g/mol. The van der Waals surface area contributed by atoms with Crippen LogP contribution in [0.3, 0.4) is 0 Å². The molecule has 1 heterocycles. The maximum Gasteiger partial charge on any atom is 0.309 e. The van der Waals surface area contributed by atoms with Crippen molar-refractivity contribution in [1.82, 2.24) is 5.32 Å². The largest absolute Gasteiger partial charge is 0.497 e. The molecular formula is C17H25NO3. The van der Waals surface area contributed by atoms with Crippen LogP contribution < -0.4 is 10.1 Å². The number of rotatable bonds is 5. The molecule has 0 amide bonds. The number of benzene rings is 1. The Morgan fingerprint density at radius 2 is 2.05 bits per heavy atom. The van der Waals surface area contributed by atoms with Crippen LogP contribution in [0.1, 0.15) is 44.6 Å². The van der Waals surface area contributed by atoms with Gasteiger partial charge in [-0.3, -0.25) is 4.79 Å². The highest BCUT2D eigenvalue weighted by Gasteiger charge is 2.33. The summed E-state index contributed by atoms with van der Waals surface area (Å²) in [6.07, 6.45) is 2.74.